The summed E-state index contributed by atoms with van der Waals surface area (Å²) in [6, 6.07) is 9.21. The first-order chi connectivity index (χ1) is 9.31. The number of nitrogens with zero attached hydrogens (tertiary/aromatic N) is 2. The van der Waals surface area contributed by atoms with Crippen molar-refractivity contribution in [2.24, 2.45) is 0 Å². The van der Waals surface area contributed by atoms with Gasteiger partial charge in [-0.05, 0) is 29.8 Å². The van der Waals surface area contributed by atoms with Crippen LogP contribution in [-0.2, 0) is 18.0 Å². The second-order valence-corrected chi connectivity index (χ2v) is 4.42. The summed E-state index contributed by atoms with van der Waals surface area (Å²) in [5.74, 6) is 1.53. The molecule has 98 valence electrons. The molecule has 5 nitrogen and oxygen atoms in total. The van der Waals surface area contributed by atoms with E-state index in [-0.39, 0.29) is 6.79 Å². The summed E-state index contributed by atoms with van der Waals surface area (Å²) in [5, 5.41) is 8.04. The molecule has 1 aromatic carbocycles. The van der Waals surface area contributed by atoms with E-state index in [0.29, 0.717) is 18.4 Å². The third-order valence-corrected chi connectivity index (χ3v) is 2.84. The van der Waals surface area contributed by atoms with Crippen LogP contribution >= 0.6 is 11.6 Å². The fourth-order valence-electron chi connectivity index (χ4n) is 1.72. The van der Waals surface area contributed by atoms with Crippen molar-refractivity contribution in [1.82, 2.24) is 10.2 Å². The van der Waals surface area contributed by atoms with Gasteiger partial charge in [-0.25, -0.2) is 0 Å². The Labute approximate surface area is 115 Å². The molecule has 0 N–H and O–H groups in total. The summed E-state index contributed by atoms with van der Waals surface area (Å²) in [6.07, 6.45) is 0. The van der Waals surface area contributed by atoms with Crippen LogP contribution in [0.4, 0.5) is 0 Å². The maximum absolute atomic E-state index is 5.66. The molecular weight excluding hydrogens is 268 g/mol. The van der Waals surface area contributed by atoms with Crippen LogP contribution in [0.25, 0.3) is 0 Å². The molecule has 0 amide bonds. The number of benzene rings is 1. The quantitative estimate of drug-likeness (QED) is 0.860. The van der Waals surface area contributed by atoms with E-state index in [1.807, 2.05) is 18.2 Å². The van der Waals surface area contributed by atoms with E-state index < -0.39 is 0 Å². The van der Waals surface area contributed by atoms with Crippen LogP contribution in [0.1, 0.15) is 11.3 Å². The molecule has 1 aliphatic rings. The lowest BCUT2D eigenvalue weighted by molar-refractivity contribution is 0.104. The van der Waals surface area contributed by atoms with Crippen molar-refractivity contribution in [1.29, 1.82) is 0 Å². The van der Waals surface area contributed by atoms with Crippen molar-refractivity contribution in [3.63, 3.8) is 0 Å². The zero-order valence-electron chi connectivity index (χ0n) is 10.0. The Morgan fingerprint density at radius 2 is 1.95 bits per heavy atom. The fraction of sp³-hybridized carbons (Fsp3) is 0.231. The minimum atomic E-state index is 0.278. The fourth-order valence-corrected chi connectivity index (χ4v) is 1.83. The predicted octanol–water partition coefficient (Wildman–Crippen LogP) is 2.58. The Balaban J connectivity index is 1.56. The first-order valence-corrected chi connectivity index (χ1v) is 6.13. The van der Waals surface area contributed by atoms with Gasteiger partial charge < -0.3 is 14.2 Å². The van der Waals surface area contributed by atoms with Gasteiger partial charge in [-0.15, -0.1) is 5.10 Å². The summed E-state index contributed by atoms with van der Waals surface area (Å²) in [4.78, 5) is 0. The number of halogens is 1. The number of ether oxygens (including phenoxy) is 3. The van der Waals surface area contributed by atoms with E-state index in [1.54, 1.807) is 12.1 Å². The highest BCUT2D eigenvalue weighted by atomic mass is 35.5. The van der Waals surface area contributed by atoms with Gasteiger partial charge in [0.15, 0.2) is 16.7 Å². The zero-order chi connectivity index (χ0) is 13.1. The Hall–Kier alpha value is -1.85. The lowest BCUT2D eigenvalue weighted by Gasteiger charge is -2.04. The highest BCUT2D eigenvalue weighted by Crippen LogP contribution is 2.32. The molecule has 2 aromatic rings. The van der Waals surface area contributed by atoms with Gasteiger partial charge in [0.05, 0.1) is 18.9 Å². The molecule has 0 atom stereocenters. The third-order valence-electron chi connectivity index (χ3n) is 2.64. The molecule has 0 fully saturated rings. The lowest BCUT2D eigenvalue weighted by atomic mass is 10.2. The molecule has 1 aliphatic heterocycles. The predicted molar refractivity (Wildman–Crippen MR) is 68.1 cm³/mol. The van der Waals surface area contributed by atoms with E-state index in [9.17, 15) is 0 Å². The van der Waals surface area contributed by atoms with Crippen LogP contribution in [0.15, 0.2) is 30.3 Å². The number of aromatic nitrogens is 2. The van der Waals surface area contributed by atoms with Gasteiger partial charge >= 0.3 is 0 Å². The largest absolute Gasteiger partial charge is 0.454 e. The molecule has 0 saturated carbocycles. The van der Waals surface area contributed by atoms with Crippen LogP contribution in [0.3, 0.4) is 0 Å². The summed E-state index contributed by atoms with van der Waals surface area (Å²) in [6.45, 7) is 1.14. The first kappa shape index (κ1) is 12.2. The third kappa shape index (κ3) is 2.94. The summed E-state index contributed by atoms with van der Waals surface area (Å²) in [5.41, 5.74) is 1.76. The van der Waals surface area contributed by atoms with Crippen LogP contribution in [0.5, 0.6) is 11.5 Å². The van der Waals surface area contributed by atoms with Gasteiger partial charge in [0.25, 0.3) is 0 Å². The first-order valence-electron chi connectivity index (χ1n) is 5.75. The topological polar surface area (TPSA) is 53.5 Å². The molecule has 0 spiro atoms. The molecule has 1 aromatic heterocycles. The number of fused-ring (bicyclic) bond motifs is 1. The average molecular weight is 279 g/mol. The van der Waals surface area contributed by atoms with Crippen molar-refractivity contribution in [2.75, 3.05) is 6.79 Å². The maximum atomic E-state index is 5.66. The van der Waals surface area contributed by atoms with Crippen LogP contribution < -0.4 is 9.47 Å². The number of hydrogen-bond donors (Lipinski definition) is 0. The second kappa shape index (κ2) is 5.42. The minimum absolute atomic E-state index is 0.278. The molecule has 0 aliphatic carbocycles. The molecule has 0 radical (unpaired) electrons. The zero-order valence-corrected chi connectivity index (χ0v) is 10.8. The SMILES string of the molecule is Clc1ccc(COCc2ccc3c(c2)OCO3)nn1. The highest BCUT2D eigenvalue weighted by molar-refractivity contribution is 6.29. The Morgan fingerprint density at radius 1 is 1.05 bits per heavy atom. The van der Waals surface area contributed by atoms with E-state index >= 15 is 0 Å². The molecule has 0 saturated heterocycles. The van der Waals surface area contributed by atoms with Gasteiger partial charge in [-0.3, -0.25) is 0 Å². The Morgan fingerprint density at radius 3 is 2.79 bits per heavy atom. The molecule has 3 rings (SSSR count). The average Bonchev–Trinajstić information content (AvgIpc) is 2.88. The second-order valence-electron chi connectivity index (χ2n) is 4.03. The standard InChI is InChI=1S/C13H11ClN2O3/c14-13-4-2-10(15-16-13)7-17-6-9-1-3-11-12(5-9)19-8-18-11/h1-5H,6-8H2. The van der Waals surface area contributed by atoms with Crippen molar-refractivity contribution in [3.05, 3.63) is 46.7 Å². The molecular formula is C13H11ClN2O3. The summed E-state index contributed by atoms with van der Waals surface area (Å²) < 4.78 is 16.1. The summed E-state index contributed by atoms with van der Waals surface area (Å²) >= 11 is 5.66. The Bertz CT molecular complexity index is 575. The molecule has 19 heavy (non-hydrogen) atoms. The molecule has 0 unspecified atom stereocenters. The molecule has 6 heteroatoms. The van der Waals surface area contributed by atoms with Gasteiger partial charge in [-0.1, -0.05) is 17.7 Å². The van der Waals surface area contributed by atoms with E-state index in [4.69, 9.17) is 25.8 Å². The van der Waals surface area contributed by atoms with Crippen molar-refractivity contribution >= 4 is 11.6 Å². The number of rotatable bonds is 4. The van der Waals surface area contributed by atoms with Gasteiger partial charge in [0.2, 0.25) is 6.79 Å². The van der Waals surface area contributed by atoms with Crippen molar-refractivity contribution < 1.29 is 14.2 Å². The van der Waals surface area contributed by atoms with Gasteiger partial charge in [0.1, 0.15) is 0 Å². The van der Waals surface area contributed by atoms with E-state index in [0.717, 1.165) is 22.8 Å². The van der Waals surface area contributed by atoms with E-state index in [1.165, 1.54) is 0 Å². The molecule has 0 bridgehead atoms. The highest BCUT2D eigenvalue weighted by Gasteiger charge is 2.13. The Kier molecular flexibility index (Phi) is 3.48. The van der Waals surface area contributed by atoms with E-state index in [2.05, 4.69) is 10.2 Å². The van der Waals surface area contributed by atoms with Crippen LogP contribution in [0, 0.1) is 0 Å². The number of hydrogen-bond acceptors (Lipinski definition) is 5. The maximum Gasteiger partial charge on any atom is 0.231 e. The molecule has 2 heterocycles. The summed E-state index contributed by atoms with van der Waals surface area (Å²) in [7, 11) is 0. The lowest BCUT2D eigenvalue weighted by Crippen LogP contribution is -1.98. The van der Waals surface area contributed by atoms with Gasteiger partial charge in [-0.2, -0.15) is 5.10 Å². The minimum Gasteiger partial charge on any atom is -0.454 e. The van der Waals surface area contributed by atoms with Crippen LogP contribution in [-0.4, -0.2) is 17.0 Å². The van der Waals surface area contributed by atoms with Gasteiger partial charge in [0, 0.05) is 0 Å². The smallest absolute Gasteiger partial charge is 0.231 e. The van der Waals surface area contributed by atoms with Crippen molar-refractivity contribution in [3.8, 4) is 11.5 Å². The monoisotopic (exact) mass is 278 g/mol. The van der Waals surface area contributed by atoms with Crippen LogP contribution in [0.2, 0.25) is 5.15 Å². The van der Waals surface area contributed by atoms with Crippen molar-refractivity contribution in [2.45, 2.75) is 13.2 Å². The normalized spacial score (nSPS) is 12.7.